The molecule has 6 nitrogen and oxygen atoms in total. The molecule has 0 N–H and O–H groups in total. The van der Waals surface area contributed by atoms with Gasteiger partial charge in [-0.15, -0.1) is 0 Å². The lowest BCUT2D eigenvalue weighted by atomic mass is 9.92. The number of hydrogen-bond donors (Lipinski definition) is 0. The summed E-state index contributed by atoms with van der Waals surface area (Å²) in [6.07, 6.45) is 2.72. The van der Waals surface area contributed by atoms with E-state index in [4.69, 9.17) is 0 Å². The van der Waals surface area contributed by atoms with Crippen molar-refractivity contribution in [2.45, 2.75) is 25.6 Å². The van der Waals surface area contributed by atoms with Crippen molar-refractivity contribution in [3.63, 3.8) is 0 Å². The van der Waals surface area contributed by atoms with Gasteiger partial charge in [-0.25, -0.2) is 4.79 Å². The molecular weight excluding hydrogens is 352 g/mol. The van der Waals surface area contributed by atoms with Gasteiger partial charge >= 0.3 is 12.1 Å². The van der Waals surface area contributed by atoms with Crippen LogP contribution in [0.4, 0.5) is 15.3 Å². The Morgan fingerprint density at radius 1 is 0.964 bits per heavy atom. The number of nitrogens with zero attached hydrogens (tertiary/aromatic N) is 4. The van der Waals surface area contributed by atoms with E-state index in [1.54, 1.807) is 33.4 Å². The highest BCUT2D eigenvalue weighted by Crippen LogP contribution is 2.43. The van der Waals surface area contributed by atoms with Crippen LogP contribution < -0.4 is 4.90 Å². The molecule has 0 saturated heterocycles. The predicted octanol–water partition coefficient (Wildman–Crippen LogP) is 3.47. The first-order valence-electron chi connectivity index (χ1n) is 9.60. The SMILES string of the molecule is CCCN1C(=O)N(C)c2ccccc2C12C=[N+](Cc1ccccc1)C(=O)N2C. The first kappa shape index (κ1) is 18.2. The average Bonchev–Trinajstić information content (AvgIpc) is 2.96. The number of hydrogen-bond acceptors (Lipinski definition) is 2. The van der Waals surface area contributed by atoms with Gasteiger partial charge in [0, 0.05) is 13.6 Å². The van der Waals surface area contributed by atoms with Crippen molar-refractivity contribution >= 4 is 24.0 Å². The van der Waals surface area contributed by atoms with Crippen LogP contribution in [-0.4, -0.2) is 53.3 Å². The molecule has 1 spiro atoms. The third kappa shape index (κ3) is 2.52. The van der Waals surface area contributed by atoms with Gasteiger partial charge in [0.1, 0.15) is 12.8 Å². The Labute approximate surface area is 165 Å². The molecule has 2 heterocycles. The summed E-state index contributed by atoms with van der Waals surface area (Å²) in [6.45, 7) is 3.07. The molecule has 2 aromatic carbocycles. The molecule has 2 aromatic rings. The van der Waals surface area contributed by atoms with E-state index in [0.29, 0.717) is 13.1 Å². The Morgan fingerprint density at radius 3 is 2.36 bits per heavy atom. The number of benzene rings is 2. The van der Waals surface area contributed by atoms with Gasteiger partial charge in [-0.2, -0.15) is 14.3 Å². The second-order valence-corrected chi connectivity index (χ2v) is 7.32. The number of para-hydroxylation sites is 1. The van der Waals surface area contributed by atoms with E-state index in [9.17, 15) is 9.59 Å². The summed E-state index contributed by atoms with van der Waals surface area (Å²) in [5.74, 6) is 0. The summed E-state index contributed by atoms with van der Waals surface area (Å²) < 4.78 is 1.72. The lowest BCUT2D eigenvalue weighted by molar-refractivity contribution is -0.439. The normalized spacial score (nSPS) is 21.4. The largest absolute Gasteiger partial charge is 0.495 e. The van der Waals surface area contributed by atoms with Crippen molar-refractivity contribution in [3.8, 4) is 0 Å². The minimum absolute atomic E-state index is 0.0991. The van der Waals surface area contributed by atoms with E-state index in [2.05, 4.69) is 0 Å². The minimum Gasteiger partial charge on any atom is -0.297 e. The van der Waals surface area contributed by atoms with Crippen LogP contribution in [0.5, 0.6) is 0 Å². The zero-order chi connectivity index (χ0) is 19.9. The van der Waals surface area contributed by atoms with Crippen molar-refractivity contribution < 1.29 is 14.2 Å². The topological polar surface area (TPSA) is 46.9 Å². The second-order valence-electron chi connectivity index (χ2n) is 7.32. The molecule has 1 atom stereocenters. The number of anilines is 1. The smallest absolute Gasteiger partial charge is 0.297 e. The van der Waals surface area contributed by atoms with Gasteiger partial charge in [0.25, 0.3) is 5.66 Å². The molecule has 6 heteroatoms. The Morgan fingerprint density at radius 2 is 1.64 bits per heavy atom. The van der Waals surface area contributed by atoms with Gasteiger partial charge in [0.2, 0.25) is 0 Å². The number of carbonyl (C=O) groups is 2. The van der Waals surface area contributed by atoms with Crippen LogP contribution in [-0.2, 0) is 12.2 Å². The van der Waals surface area contributed by atoms with Gasteiger partial charge in [-0.3, -0.25) is 9.80 Å². The van der Waals surface area contributed by atoms with Gasteiger partial charge in [-0.05, 0) is 24.1 Å². The van der Waals surface area contributed by atoms with Crippen LogP contribution >= 0.6 is 0 Å². The predicted molar refractivity (Wildman–Crippen MR) is 109 cm³/mol. The maximum absolute atomic E-state index is 13.2. The van der Waals surface area contributed by atoms with E-state index in [1.165, 1.54) is 0 Å². The number of fused-ring (bicyclic) bond motifs is 2. The highest BCUT2D eigenvalue weighted by Gasteiger charge is 2.61. The highest BCUT2D eigenvalue weighted by atomic mass is 16.2. The molecule has 2 aliphatic heterocycles. The van der Waals surface area contributed by atoms with Crippen molar-refractivity contribution in [2.75, 3.05) is 25.5 Å². The Bertz CT molecular complexity index is 956. The van der Waals surface area contributed by atoms with Crippen LogP contribution in [0.25, 0.3) is 0 Å². The van der Waals surface area contributed by atoms with E-state index in [1.807, 2.05) is 67.7 Å². The van der Waals surface area contributed by atoms with Crippen LogP contribution in [0.1, 0.15) is 24.5 Å². The molecule has 28 heavy (non-hydrogen) atoms. The molecule has 144 valence electrons. The third-order valence-electron chi connectivity index (χ3n) is 5.61. The quantitative estimate of drug-likeness (QED) is 0.766. The maximum Gasteiger partial charge on any atom is 0.495 e. The highest BCUT2D eigenvalue weighted by molar-refractivity contribution is 6.01. The average molecular weight is 377 g/mol. The fourth-order valence-corrected chi connectivity index (χ4v) is 4.23. The molecule has 4 rings (SSSR count). The molecule has 0 radical (unpaired) electrons. The van der Waals surface area contributed by atoms with Crippen molar-refractivity contribution in [1.82, 2.24) is 9.80 Å². The Kier molecular flexibility index (Phi) is 4.41. The molecule has 0 fully saturated rings. The van der Waals surface area contributed by atoms with E-state index in [0.717, 1.165) is 23.2 Å². The van der Waals surface area contributed by atoms with E-state index >= 15 is 0 Å². The van der Waals surface area contributed by atoms with E-state index < -0.39 is 5.66 Å². The van der Waals surface area contributed by atoms with Gasteiger partial charge < -0.3 is 0 Å². The lowest BCUT2D eigenvalue weighted by Gasteiger charge is -2.45. The molecular formula is C22H25N4O2+. The zero-order valence-electron chi connectivity index (χ0n) is 16.5. The monoisotopic (exact) mass is 377 g/mol. The van der Waals surface area contributed by atoms with Crippen molar-refractivity contribution in [3.05, 3.63) is 65.7 Å². The maximum atomic E-state index is 13.2. The summed E-state index contributed by atoms with van der Waals surface area (Å²) in [6, 6.07) is 17.5. The molecule has 0 saturated carbocycles. The minimum atomic E-state index is -0.915. The summed E-state index contributed by atoms with van der Waals surface area (Å²) in [5.41, 5.74) is 1.91. The van der Waals surface area contributed by atoms with Crippen LogP contribution in [0.2, 0.25) is 0 Å². The van der Waals surface area contributed by atoms with Gasteiger partial charge in [0.15, 0.2) is 0 Å². The van der Waals surface area contributed by atoms with Crippen molar-refractivity contribution in [1.29, 1.82) is 0 Å². The number of urea groups is 2. The van der Waals surface area contributed by atoms with E-state index in [-0.39, 0.29) is 12.1 Å². The fourth-order valence-electron chi connectivity index (χ4n) is 4.23. The van der Waals surface area contributed by atoms with Gasteiger partial charge in [0.05, 0.1) is 18.3 Å². The van der Waals surface area contributed by atoms with Crippen LogP contribution in [0, 0.1) is 0 Å². The number of amides is 4. The molecule has 0 aromatic heterocycles. The molecule has 0 bridgehead atoms. The summed E-state index contributed by atoms with van der Waals surface area (Å²) >= 11 is 0. The standard InChI is InChI=1S/C22H25N4O2/c1-4-14-26-20(27)23(2)19-13-9-8-12-18(19)22(26)16-25(21(28)24(22)3)15-17-10-6-5-7-11-17/h5-13,16H,4,14-15H2,1-3H3/q+1. The molecule has 0 aliphatic carbocycles. The second kappa shape index (κ2) is 6.78. The summed E-state index contributed by atoms with van der Waals surface area (Å²) in [5, 5.41) is 0. The third-order valence-corrected chi connectivity index (χ3v) is 5.61. The molecule has 2 aliphatic rings. The first-order valence-corrected chi connectivity index (χ1v) is 9.60. The van der Waals surface area contributed by atoms with Gasteiger partial charge in [-0.1, -0.05) is 49.4 Å². The summed E-state index contributed by atoms with van der Waals surface area (Å²) in [7, 11) is 3.57. The molecule has 1 unspecified atom stereocenters. The lowest BCUT2D eigenvalue weighted by Crippen LogP contribution is -2.64. The fraction of sp³-hybridized carbons (Fsp3) is 0.318. The summed E-state index contributed by atoms with van der Waals surface area (Å²) in [4.78, 5) is 31.6. The number of carbonyl (C=O) groups excluding carboxylic acids is 2. The Hall–Kier alpha value is -3.15. The number of rotatable bonds is 4. The van der Waals surface area contributed by atoms with Crippen LogP contribution in [0.15, 0.2) is 54.6 Å². The first-order chi connectivity index (χ1) is 13.5. The van der Waals surface area contributed by atoms with Crippen LogP contribution in [0.3, 0.4) is 0 Å². The van der Waals surface area contributed by atoms with Crippen molar-refractivity contribution in [2.24, 2.45) is 0 Å². The Balaban J connectivity index is 1.89. The molecule has 4 amide bonds. The zero-order valence-corrected chi connectivity index (χ0v) is 16.5.